The van der Waals surface area contributed by atoms with E-state index in [1.54, 1.807) is 0 Å². The maximum Gasteiger partial charge on any atom is 0.325 e. The number of H-pyrrole nitrogens is 2. The first kappa shape index (κ1) is 25.5. The van der Waals surface area contributed by atoms with E-state index in [2.05, 4.69) is 20.6 Å². The fraction of sp³-hybridized carbons (Fsp3) is 0.529. The third-order valence-electron chi connectivity index (χ3n) is 4.73. The number of aromatic amines is 2. The number of aliphatic hydroxyl groups excluding tert-OH is 2. The zero-order valence-corrected chi connectivity index (χ0v) is 17.3. The predicted octanol–water partition coefficient (Wildman–Crippen LogP) is -5.64. The summed E-state index contributed by atoms with van der Waals surface area (Å²) in [5, 5.41) is 25.3. The zero-order valence-electron chi connectivity index (χ0n) is 17.3. The Morgan fingerprint density at radius 3 is 2.48 bits per heavy atom. The van der Waals surface area contributed by atoms with Crippen molar-refractivity contribution in [3.63, 3.8) is 0 Å². The molecule has 0 aromatic carbocycles. The van der Waals surface area contributed by atoms with Gasteiger partial charge in [-0.05, 0) is 6.42 Å². The van der Waals surface area contributed by atoms with Gasteiger partial charge in [0.1, 0.15) is 37.0 Å². The van der Waals surface area contributed by atoms with E-state index in [1.165, 1.54) is 0 Å². The monoisotopic (exact) mass is 470 g/mol. The number of aromatic nitrogens is 2. The van der Waals surface area contributed by atoms with Crippen LogP contribution in [0.2, 0.25) is 0 Å². The number of nitrogens with two attached hydrogens (primary N) is 3. The molecule has 16 heteroatoms. The molecule has 2 rings (SSSR count). The lowest BCUT2D eigenvalue weighted by atomic mass is 10.0. The highest BCUT2D eigenvalue weighted by Crippen LogP contribution is 2.31. The van der Waals surface area contributed by atoms with Crippen molar-refractivity contribution in [3.05, 3.63) is 32.6 Å². The van der Waals surface area contributed by atoms with Crippen molar-refractivity contribution in [3.8, 4) is 0 Å². The molecule has 1 aromatic rings. The first-order valence-electron chi connectivity index (χ1n) is 9.73. The second-order valence-corrected chi connectivity index (χ2v) is 7.21. The molecular weight excluding hydrogens is 444 g/mol. The highest BCUT2D eigenvalue weighted by molar-refractivity contribution is 5.89. The third kappa shape index (κ3) is 7.13. The SMILES string of the molecule is NC(=O)CC[C@H](NC(=O)CN=C(N)N)C(=O)NC[C@H]1O[C@@H](c2c[nH]c(=O)[nH]c2=O)[C@H](O)[C@@H]1O. The van der Waals surface area contributed by atoms with Crippen molar-refractivity contribution in [2.45, 2.75) is 43.3 Å². The molecule has 0 radical (unpaired) electrons. The number of nitrogens with one attached hydrogen (secondary N) is 4. The Balaban J connectivity index is 2.03. The van der Waals surface area contributed by atoms with E-state index < -0.39 is 66.0 Å². The summed E-state index contributed by atoms with van der Waals surface area (Å²) in [5.41, 5.74) is 13.7. The molecule has 0 saturated carbocycles. The summed E-state index contributed by atoms with van der Waals surface area (Å²) in [7, 11) is 0. The lowest BCUT2D eigenvalue weighted by Gasteiger charge is -2.20. The second kappa shape index (κ2) is 11.2. The van der Waals surface area contributed by atoms with Gasteiger partial charge in [-0.1, -0.05) is 0 Å². The Morgan fingerprint density at radius 1 is 1.18 bits per heavy atom. The highest BCUT2D eigenvalue weighted by atomic mass is 16.5. The Labute approximate surface area is 185 Å². The fourth-order valence-corrected chi connectivity index (χ4v) is 3.09. The van der Waals surface area contributed by atoms with Crippen LogP contribution < -0.4 is 39.1 Å². The Morgan fingerprint density at radius 2 is 1.88 bits per heavy atom. The van der Waals surface area contributed by atoms with Crippen LogP contribution >= 0.6 is 0 Å². The van der Waals surface area contributed by atoms with Crippen LogP contribution in [0.15, 0.2) is 20.8 Å². The highest BCUT2D eigenvalue weighted by Gasteiger charge is 2.44. The van der Waals surface area contributed by atoms with Crippen LogP contribution in [0.4, 0.5) is 0 Å². The van der Waals surface area contributed by atoms with Gasteiger partial charge in [0, 0.05) is 19.2 Å². The van der Waals surface area contributed by atoms with E-state index in [1.807, 2.05) is 4.98 Å². The minimum absolute atomic E-state index is 0.124. The second-order valence-electron chi connectivity index (χ2n) is 7.21. The van der Waals surface area contributed by atoms with Gasteiger partial charge in [0.15, 0.2) is 5.96 Å². The zero-order chi connectivity index (χ0) is 24.7. The van der Waals surface area contributed by atoms with Crippen molar-refractivity contribution >= 4 is 23.7 Å². The summed E-state index contributed by atoms with van der Waals surface area (Å²) in [5.74, 6) is -2.45. The Bertz CT molecular complexity index is 1020. The van der Waals surface area contributed by atoms with Gasteiger partial charge < -0.3 is 47.8 Å². The number of aliphatic hydroxyl groups is 2. The normalized spacial score (nSPS) is 22.8. The van der Waals surface area contributed by atoms with E-state index in [0.29, 0.717) is 0 Å². The molecule has 1 aromatic heterocycles. The van der Waals surface area contributed by atoms with Crippen LogP contribution in [-0.4, -0.2) is 81.3 Å². The summed E-state index contributed by atoms with van der Waals surface area (Å²) in [6.45, 7) is -0.764. The van der Waals surface area contributed by atoms with Gasteiger partial charge in [-0.3, -0.25) is 24.2 Å². The topological polar surface area (TPSA) is 281 Å². The summed E-state index contributed by atoms with van der Waals surface area (Å²) < 4.78 is 5.50. The molecule has 5 atom stereocenters. The Hall–Kier alpha value is -3.76. The molecule has 0 bridgehead atoms. The molecule has 0 spiro atoms. The van der Waals surface area contributed by atoms with Gasteiger partial charge in [0.2, 0.25) is 17.7 Å². The van der Waals surface area contributed by atoms with Crippen LogP contribution in [0.1, 0.15) is 24.5 Å². The van der Waals surface area contributed by atoms with Gasteiger partial charge in [0.05, 0.1) is 5.56 Å². The molecule has 12 N–H and O–H groups in total. The third-order valence-corrected chi connectivity index (χ3v) is 4.73. The van der Waals surface area contributed by atoms with Crippen LogP contribution in [-0.2, 0) is 19.1 Å². The summed E-state index contributed by atoms with van der Waals surface area (Å²) in [6.07, 6.45) is -4.69. The van der Waals surface area contributed by atoms with Crippen molar-refractivity contribution in [2.24, 2.45) is 22.2 Å². The molecule has 182 valence electrons. The minimum Gasteiger partial charge on any atom is -0.388 e. The van der Waals surface area contributed by atoms with Gasteiger partial charge in [0.25, 0.3) is 5.56 Å². The number of amides is 3. The molecule has 2 heterocycles. The van der Waals surface area contributed by atoms with Crippen LogP contribution in [0.3, 0.4) is 0 Å². The quantitative estimate of drug-likeness (QED) is 0.115. The van der Waals surface area contributed by atoms with Crippen molar-refractivity contribution in [1.29, 1.82) is 0 Å². The fourth-order valence-electron chi connectivity index (χ4n) is 3.09. The first-order chi connectivity index (χ1) is 15.5. The number of nitrogens with zero attached hydrogens (tertiary/aromatic N) is 1. The lowest BCUT2D eigenvalue weighted by molar-refractivity contribution is -0.129. The molecule has 33 heavy (non-hydrogen) atoms. The number of guanidine groups is 1. The van der Waals surface area contributed by atoms with E-state index in [9.17, 15) is 34.2 Å². The Kier molecular flexibility index (Phi) is 8.66. The number of aliphatic imine (C=N–C) groups is 1. The molecular formula is C17H26N8O8. The molecule has 1 fully saturated rings. The van der Waals surface area contributed by atoms with E-state index >= 15 is 0 Å². The van der Waals surface area contributed by atoms with E-state index in [4.69, 9.17) is 21.9 Å². The largest absolute Gasteiger partial charge is 0.388 e. The number of carbonyl (C=O) groups is 3. The molecule has 1 aliphatic heterocycles. The van der Waals surface area contributed by atoms with Gasteiger partial charge in [-0.25, -0.2) is 9.79 Å². The van der Waals surface area contributed by atoms with Gasteiger partial charge >= 0.3 is 5.69 Å². The number of hydrogen-bond donors (Lipinski definition) is 9. The number of ether oxygens (including phenoxy) is 1. The molecule has 0 aliphatic carbocycles. The van der Waals surface area contributed by atoms with Crippen molar-refractivity contribution in [2.75, 3.05) is 13.1 Å². The average Bonchev–Trinajstić information content (AvgIpc) is 3.01. The number of carbonyl (C=O) groups excluding carboxylic acids is 3. The van der Waals surface area contributed by atoms with Crippen molar-refractivity contribution < 1.29 is 29.3 Å². The standard InChI is InChI=1S/C17H26N8O8/c18-9(26)2-1-7(24-10(27)5-22-16(19)20)15(31)21-4-8-11(28)12(29)13(33-8)6-3-23-17(32)25-14(6)30/h3,7-8,11-13,28-29H,1-2,4-5H2,(H2,18,26)(H,21,31)(H,24,27)(H4,19,20,22)(H2,23,25,30,32)/t7-,8+,11+,12+,13-/m0/s1. The maximum absolute atomic E-state index is 12.6. The van der Waals surface area contributed by atoms with E-state index in [0.717, 1.165) is 6.20 Å². The summed E-state index contributed by atoms with van der Waals surface area (Å²) >= 11 is 0. The molecule has 3 amide bonds. The minimum atomic E-state index is -1.52. The van der Waals surface area contributed by atoms with Crippen LogP contribution in [0.5, 0.6) is 0 Å². The maximum atomic E-state index is 12.6. The number of primary amides is 1. The van der Waals surface area contributed by atoms with Crippen LogP contribution in [0, 0.1) is 0 Å². The van der Waals surface area contributed by atoms with Crippen LogP contribution in [0.25, 0.3) is 0 Å². The molecule has 16 nitrogen and oxygen atoms in total. The number of hydrogen-bond acceptors (Lipinski definition) is 9. The average molecular weight is 470 g/mol. The molecule has 0 unspecified atom stereocenters. The summed E-state index contributed by atoms with van der Waals surface area (Å²) in [4.78, 5) is 66.4. The molecule has 1 aliphatic rings. The van der Waals surface area contributed by atoms with Gasteiger partial charge in [-0.2, -0.15) is 0 Å². The smallest absolute Gasteiger partial charge is 0.325 e. The van der Waals surface area contributed by atoms with Gasteiger partial charge in [-0.15, -0.1) is 0 Å². The lowest BCUT2D eigenvalue weighted by Crippen LogP contribution is -2.50. The summed E-state index contributed by atoms with van der Waals surface area (Å²) in [6, 6.07) is -1.18. The van der Waals surface area contributed by atoms with E-state index in [-0.39, 0.29) is 30.9 Å². The number of rotatable bonds is 10. The first-order valence-corrected chi connectivity index (χ1v) is 9.73. The molecule has 1 saturated heterocycles. The van der Waals surface area contributed by atoms with Crippen molar-refractivity contribution in [1.82, 2.24) is 20.6 Å². The predicted molar refractivity (Wildman–Crippen MR) is 111 cm³/mol.